The molecule has 1 N–H and O–H groups in total. The van der Waals surface area contributed by atoms with Gasteiger partial charge in [-0.15, -0.1) is 0 Å². The van der Waals surface area contributed by atoms with Crippen molar-refractivity contribution in [2.24, 2.45) is 0 Å². The van der Waals surface area contributed by atoms with Crippen LogP contribution >= 0.6 is 0 Å². The molecule has 0 aliphatic heterocycles. The minimum Gasteiger partial charge on any atom is -0.508 e. The van der Waals surface area contributed by atoms with E-state index < -0.39 is 0 Å². The van der Waals surface area contributed by atoms with Crippen LogP contribution in [-0.4, -0.2) is 17.7 Å². The van der Waals surface area contributed by atoms with E-state index in [1.54, 1.807) is 31.2 Å². The molecule has 0 saturated heterocycles. The molecule has 0 radical (unpaired) electrons. The highest BCUT2D eigenvalue weighted by molar-refractivity contribution is 5.87. The van der Waals surface area contributed by atoms with Crippen LogP contribution in [0.4, 0.5) is 0 Å². The van der Waals surface area contributed by atoms with Gasteiger partial charge in [0.1, 0.15) is 5.75 Å². The third kappa shape index (κ3) is 4.31. The number of benzene rings is 1. The van der Waals surface area contributed by atoms with Gasteiger partial charge in [0, 0.05) is 6.08 Å². The third-order valence-electron chi connectivity index (χ3n) is 2.33. The van der Waals surface area contributed by atoms with Gasteiger partial charge in [0.2, 0.25) is 0 Å². The van der Waals surface area contributed by atoms with Crippen molar-refractivity contribution in [1.82, 2.24) is 0 Å². The number of hydrogen-bond acceptors (Lipinski definition) is 3. The van der Waals surface area contributed by atoms with E-state index in [-0.39, 0.29) is 11.7 Å². The molecule has 0 saturated carbocycles. The molecule has 3 heteroatoms. The van der Waals surface area contributed by atoms with Crippen LogP contribution in [0.15, 0.2) is 24.3 Å². The number of esters is 1. The maximum Gasteiger partial charge on any atom is 0.330 e. The maximum absolute atomic E-state index is 11.2. The molecule has 0 aliphatic rings. The number of hydrogen-bond donors (Lipinski definition) is 1. The monoisotopic (exact) mass is 234 g/mol. The summed E-state index contributed by atoms with van der Waals surface area (Å²) in [5.74, 6) is -0.0928. The molecule has 0 amide bonds. The topological polar surface area (TPSA) is 46.5 Å². The largest absolute Gasteiger partial charge is 0.508 e. The summed E-state index contributed by atoms with van der Waals surface area (Å²) in [6.45, 7) is 4.22. The molecule has 0 fully saturated rings. The fourth-order valence-corrected chi connectivity index (χ4v) is 1.59. The average molecular weight is 234 g/mol. The van der Waals surface area contributed by atoms with Gasteiger partial charge >= 0.3 is 5.97 Å². The predicted octanol–water partition coefficient (Wildman–Crippen LogP) is 2.92. The van der Waals surface area contributed by atoms with Crippen molar-refractivity contribution in [3.8, 4) is 5.75 Å². The molecule has 0 bridgehead atoms. The van der Waals surface area contributed by atoms with Gasteiger partial charge < -0.3 is 9.84 Å². The van der Waals surface area contributed by atoms with E-state index in [0.717, 1.165) is 24.0 Å². The molecule has 1 rings (SSSR count). The standard InChI is InChI=1S/C14H18O3/c1-3-5-12-10-13(15)8-6-11(12)7-9-14(16)17-4-2/h6-10,15H,3-5H2,1-2H3. The number of aromatic hydroxyl groups is 1. The molecular formula is C14H18O3. The number of phenolic OH excluding ortho intramolecular Hbond substituents is 1. The molecule has 17 heavy (non-hydrogen) atoms. The Morgan fingerprint density at radius 2 is 2.18 bits per heavy atom. The molecule has 92 valence electrons. The Kier molecular flexibility index (Phi) is 5.27. The van der Waals surface area contributed by atoms with E-state index in [0.29, 0.717) is 6.61 Å². The summed E-state index contributed by atoms with van der Waals surface area (Å²) in [6, 6.07) is 5.15. The molecule has 0 aliphatic carbocycles. The summed E-state index contributed by atoms with van der Waals surface area (Å²) in [4.78, 5) is 11.2. The summed E-state index contributed by atoms with van der Waals surface area (Å²) in [5.41, 5.74) is 1.98. The van der Waals surface area contributed by atoms with Crippen molar-refractivity contribution in [3.63, 3.8) is 0 Å². The normalized spacial score (nSPS) is 10.7. The zero-order chi connectivity index (χ0) is 12.7. The van der Waals surface area contributed by atoms with E-state index in [1.165, 1.54) is 6.08 Å². The first kappa shape index (κ1) is 13.3. The predicted molar refractivity (Wildman–Crippen MR) is 67.8 cm³/mol. The first-order valence-electron chi connectivity index (χ1n) is 5.84. The molecule has 1 aromatic rings. The third-order valence-corrected chi connectivity index (χ3v) is 2.33. The minimum absolute atomic E-state index is 0.252. The zero-order valence-electron chi connectivity index (χ0n) is 10.3. The number of phenols is 1. The summed E-state index contributed by atoms with van der Waals surface area (Å²) < 4.78 is 4.81. The van der Waals surface area contributed by atoms with Crippen molar-refractivity contribution in [2.45, 2.75) is 26.7 Å². The molecule has 3 nitrogen and oxygen atoms in total. The highest BCUT2D eigenvalue weighted by Gasteiger charge is 2.01. The van der Waals surface area contributed by atoms with E-state index in [9.17, 15) is 9.90 Å². The molecule has 0 heterocycles. The van der Waals surface area contributed by atoms with Gasteiger partial charge in [-0.1, -0.05) is 19.4 Å². The fourth-order valence-electron chi connectivity index (χ4n) is 1.59. The highest BCUT2D eigenvalue weighted by Crippen LogP contribution is 2.19. The number of carbonyl (C=O) groups excluding carboxylic acids is 1. The Morgan fingerprint density at radius 3 is 2.82 bits per heavy atom. The Bertz CT molecular complexity index is 408. The molecular weight excluding hydrogens is 216 g/mol. The van der Waals surface area contributed by atoms with Gasteiger partial charge in [0.15, 0.2) is 0 Å². The first-order valence-corrected chi connectivity index (χ1v) is 5.84. The van der Waals surface area contributed by atoms with Gasteiger partial charge in [-0.2, -0.15) is 0 Å². The smallest absolute Gasteiger partial charge is 0.330 e. The van der Waals surface area contributed by atoms with Crippen LogP contribution in [0.2, 0.25) is 0 Å². The van der Waals surface area contributed by atoms with Gasteiger partial charge in [-0.25, -0.2) is 4.79 Å². The Morgan fingerprint density at radius 1 is 1.41 bits per heavy atom. The quantitative estimate of drug-likeness (QED) is 0.629. The number of ether oxygens (including phenoxy) is 1. The fraction of sp³-hybridized carbons (Fsp3) is 0.357. The first-order chi connectivity index (χ1) is 8.17. The molecule has 1 aromatic carbocycles. The summed E-state index contributed by atoms with van der Waals surface area (Å²) in [6.07, 6.45) is 5.00. The van der Waals surface area contributed by atoms with Crippen LogP contribution in [0.1, 0.15) is 31.4 Å². The van der Waals surface area contributed by atoms with Crippen LogP contribution in [0.5, 0.6) is 5.75 Å². The van der Waals surface area contributed by atoms with Gasteiger partial charge in [0.05, 0.1) is 6.61 Å². The Hall–Kier alpha value is -1.77. The van der Waals surface area contributed by atoms with Crippen molar-refractivity contribution < 1.29 is 14.6 Å². The zero-order valence-corrected chi connectivity index (χ0v) is 10.3. The lowest BCUT2D eigenvalue weighted by molar-refractivity contribution is -0.137. The summed E-state index contributed by atoms with van der Waals surface area (Å²) >= 11 is 0. The van der Waals surface area contributed by atoms with E-state index >= 15 is 0 Å². The van der Waals surface area contributed by atoms with Crippen LogP contribution < -0.4 is 0 Å². The van der Waals surface area contributed by atoms with Crippen LogP contribution in [-0.2, 0) is 16.0 Å². The van der Waals surface area contributed by atoms with Gasteiger partial charge in [-0.05, 0) is 42.7 Å². The lowest BCUT2D eigenvalue weighted by Gasteiger charge is -2.05. The Balaban J connectivity index is 2.85. The van der Waals surface area contributed by atoms with Gasteiger partial charge in [0.25, 0.3) is 0 Å². The van der Waals surface area contributed by atoms with Crippen LogP contribution in [0, 0.1) is 0 Å². The van der Waals surface area contributed by atoms with Crippen LogP contribution in [0.3, 0.4) is 0 Å². The van der Waals surface area contributed by atoms with E-state index in [2.05, 4.69) is 6.92 Å². The van der Waals surface area contributed by atoms with E-state index in [4.69, 9.17) is 4.74 Å². The van der Waals surface area contributed by atoms with Crippen LogP contribution in [0.25, 0.3) is 6.08 Å². The second-order valence-electron chi connectivity index (χ2n) is 3.72. The summed E-state index contributed by atoms with van der Waals surface area (Å²) in [5, 5.41) is 9.41. The van der Waals surface area contributed by atoms with Crippen molar-refractivity contribution in [2.75, 3.05) is 6.61 Å². The maximum atomic E-state index is 11.2. The average Bonchev–Trinajstić information content (AvgIpc) is 2.29. The molecule has 0 atom stereocenters. The van der Waals surface area contributed by atoms with Crippen molar-refractivity contribution >= 4 is 12.0 Å². The lowest BCUT2D eigenvalue weighted by Crippen LogP contribution is -1.99. The SMILES string of the molecule is CCCc1cc(O)ccc1C=CC(=O)OCC. The minimum atomic E-state index is -0.344. The van der Waals surface area contributed by atoms with Crippen molar-refractivity contribution in [1.29, 1.82) is 0 Å². The lowest BCUT2D eigenvalue weighted by atomic mass is 10.0. The molecule has 0 aromatic heterocycles. The number of carbonyl (C=O) groups is 1. The van der Waals surface area contributed by atoms with E-state index in [1.807, 2.05) is 0 Å². The highest BCUT2D eigenvalue weighted by atomic mass is 16.5. The second kappa shape index (κ2) is 6.74. The summed E-state index contributed by atoms with van der Waals surface area (Å²) in [7, 11) is 0. The number of aryl methyl sites for hydroxylation is 1. The number of rotatable bonds is 5. The Labute approximate surface area is 102 Å². The molecule has 0 spiro atoms. The molecule has 0 unspecified atom stereocenters. The van der Waals surface area contributed by atoms with Crippen molar-refractivity contribution in [3.05, 3.63) is 35.4 Å². The van der Waals surface area contributed by atoms with Gasteiger partial charge in [-0.3, -0.25) is 0 Å². The second-order valence-corrected chi connectivity index (χ2v) is 3.72.